The van der Waals surface area contributed by atoms with Crippen LogP contribution in [0.1, 0.15) is 18.1 Å². The van der Waals surface area contributed by atoms with Crippen molar-refractivity contribution in [2.75, 3.05) is 5.32 Å². The minimum Gasteiger partial charge on any atom is -0.481 e. The molecular weight excluding hydrogens is 321 g/mol. The molecular formula is C17H17Cl2NO2. The van der Waals surface area contributed by atoms with Gasteiger partial charge in [0.25, 0.3) is 5.91 Å². The van der Waals surface area contributed by atoms with E-state index >= 15 is 0 Å². The molecule has 0 spiro atoms. The van der Waals surface area contributed by atoms with E-state index in [0.717, 1.165) is 11.1 Å². The van der Waals surface area contributed by atoms with Crippen molar-refractivity contribution < 1.29 is 9.53 Å². The van der Waals surface area contributed by atoms with E-state index < -0.39 is 6.10 Å². The van der Waals surface area contributed by atoms with Gasteiger partial charge >= 0.3 is 0 Å². The number of rotatable bonds is 4. The second-order valence-corrected chi connectivity index (χ2v) is 5.96. The molecule has 0 saturated carbocycles. The van der Waals surface area contributed by atoms with Crippen molar-refractivity contribution >= 4 is 34.8 Å². The van der Waals surface area contributed by atoms with Crippen LogP contribution in [-0.2, 0) is 4.79 Å². The van der Waals surface area contributed by atoms with Crippen LogP contribution in [-0.4, -0.2) is 12.0 Å². The highest BCUT2D eigenvalue weighted by Gasteiger charge is 2.16. The van der Waals surface area contributed by atoms with Crippen molar-refractivity contribution in [1.82, 2.24) is 0 Å². The van der Waals surface area contributed by atoms with Crippen molar-refractivity contribution in [3.05, 3.63) is 57.6 Å². The molecule has 2 rings (SSSR count). The molecule has 0 heterocycles. The Morgan fingerprint density at radius 2 is 1.82 bits per heavy atom. The van der Waals surface area contributed by atoms with Gasteiger partial charge < -0.3 is 10.1 Å². The number of aryl methyl sites for hydroxylation is 2. The minimum absolute atomic E-state index is 0.252. The molecule has 3 nitrogen and oxygen atoms in total. The Bertz CT molecular complexity index is 701. The van der Waals surface area contributed by atoms with Gasteiger partial charge in [0.05, 0.1) is 10.0 Å². The third-order valence-corrected chi connectivity index (χ3v) is 3.93. The highest BCUT2D eigenvalue weighted by Crippen LogP contribution is 2.25. The number of amides is 1. The van der Waals surface area contributed by atoms with Gasteiger partial charge in [0.1, 0.15) is 5.75 Å². The van der Waals surface area contributed by atoms with Gasteiger partial charge in [-0.25, -0.2) is 0 Å². The van der Waals surface area contributed by atoms with Crippen molar-refractivity contribution in [1.29, 1.82) is 0 Å². The van der Waals surface area contributed by atoms with E-state index in [0.29, 0.717) is 21.5 Å². The Labute approximate surface area is 140 Å². The average molecular weight is 338 g/mol. The molecule has 22 heavy (non-hydrogen) atoms. The topological polar surface area (TPSA) is 38.3 Å². The van der Waals surface area contributed by atoms with Crippen LogP contribution in [0.15, 0.2) is 36.4 Å². The third-order valence-electron chi connectivity index (χ3n) is 3.19. The van der Waals surface area contributed by atoms with Gasteiger partial charge in [-0.15, -0.1) is 0 Å². The van der Waals surface area contributed by atoms with Crippen LogP contribution in [0.2, 0.25) is 10.0 Å². The third kappa shape index (κ3) is 4.15. The van der Waals surface area contributed by atoms with Crippen LogP contribution in [0.25, 0.3) is 0 Å². The van der Waals surface area contributed by atoms with Gasteiger partial charge in [0.2, 0.25) is 0 Å². The second kappa shape index (κ2) is 7.03. The zero-order valence-electron chi connectivity index (χ0n) is 12.6. The SMILES string of the molecule is Cc1ccc(O[C@@H](C)C(=O)Nc2ccc(Cl)c(Cl)c2)c(C)c1. The summed E-state index contributed by atoms with van der Waals surface area (Å²) in [5, 5.41) is 3.59. The minimum atomic E-state index is -0.629. The number of halogens is 2. The Kier molecular flexibility index (Phi) is 5.33. The molecule has 116 valence electrons. The standard InChI is InChI=1S/C17H17Cl2NO2/c1-10-4-7-16(11(2)8-10)22-12(3)17(21)20-13-5-6-14(18)15(19)9-13/h4-9,12H,1-3H3,(H,20,21)/t12-/m0/s1. The van der Waals surface area contributed by atoms with E-state index in [9.17, 15) is 4.79 Å². The van der Waals surface area contributed by atoms with Crippen molar-refractivity contribution in [2.24, 2.45) is 0 Å². The number of carbonyl (C=O) groups is 1. The van der Waals surface area contributed by atoms with Crippen molar-refractivity contribution in [3.63, 3.8) is 0 Å². The molecule has 0 aliphatic carbocycles. The summed E-state index contributed by atoms with van der Waals surface area (Å²) in [6.45, 7) is 5.66. The summed E-state index contributed by atoms with van der Waals surface area (Å²) in [4.78, 5) is 12.2. The summed E-state index contributed by atoms with van der Waals surface area (Å²) in [5.74, 6) is 0.445. The molecule has 5 heteroatoms. The van der Waals surface area contributed by atoms with Crippen molar-refractivity contribution in [3.8, 4) is 5.75 Å². The van der Waals surface area contributed by atoms with E-state index in [1.807, 2.05) is 32.0 Å². The highest BCUT2D eigenvalue weighted by atomic mass is 35.5. The lowest BCUT2D eigenvalue weighted by Gasteiger charge is -2.16. The van der Waals surface area contributed by atoms with E-state index in [4.69, 9.17) is 27.9 Å². The predicted molar refractivity (Wildman–Crippen MR) is 91.1 cm³/mol. The first-order chi connectivity index (χ1) is 10.4. The first-order valence-corrected chi connectivity index (χ1v) is 7.62. The largest absolute Gasteiger partial charge is 0.481 e. The molecule has 0 aliphatic heterocycles. The van der Waals surface area contributed by atoms with Crippen molar-refractivity contribution in [2.45, 2.75) is 26.9 Å². The molecule has 0 saturated heterocycles. The van der Waals surface area contributed by atoms with E-state index in [2.05, 4.69) is 5.32 Å². The quantitative estimate of drug-likeness (QED) is 0.850. The molecule has 0 aromatic heterocycles. The van der Waals surface area contributed by atoms with Gasteiger partial charge in [-0.1, -0.05) is 40.9 Å². The summed E-state index contributed by atoms with van der Waals surface area (Å²) in [5.41, 5.74) is 2.72. The molecule has 0 unspecified atom stereocenters. The summed E-state index contributed by atoms with van der Waals surface area (Å²) < 4.78 is 5.72. The number of ether oxygens (including phenoxy) is 1. The van der Waals surface area contributed by atoms with Crippen LogP contribution in [0.4, 0.5) is 5.69 Å². The summed E-state index contributed by atoms with van der Waals surface area (Å²) in [6, 6.07) is 10.8. The number of hydrogen-bond acceptors (Lipinski definition) is 2. The Balaban J connectivity index is 2.04. The average Bonchev–Trinajstić information content (AvgIpc) is 2.45. The van der Waals surface area contributed by atoms with Crippen LogP contribution in [0, 0.1) is 13.8 Å². The molecule has 1 N–H and O–H groups in total. The normalized spacial score (nSPS) is 11.9. The maximum Gasteiger partial charge on any atom is 0.265 e. The summed E-state index contributed by atoms with van der Waals surface area (Å²) >= 11 is 11.8. The van der Waals surface area contributed by atoms with Gasteiger partial charge in [-0.2, -0.15) is 0 Å². The molecule has 2 aromatic rings. The summed E-state index contributed by atoms with van der Waals surface area (Å²) in [6.07, 6.45) is -0.629. The van der Waals surface area contributed by atoms with Gasteiger partial charge in [0, 0.05) is 5.69 Å². The Hall–Kier alpha value is -1.71. The first-order valence-electron chi connectivity index (χ1n) is 6.86. The fourth-order valence-electron chi connectivity index (χ4n) is 1.99. The molecule has 1 amide bonds. The molecule has 0 bridgehead atoms. The predicted octanol–water partition coefficient (Wildman–Crippen LogP) is 5.02. The van der Waals surface area contributed by atoms with Gasteiger partial charge in [-0.05, 0) is 50.6 Å². The zero-order valence-corrected chi connectivity index (χ0v) is 14.1. The number of benzene rings is 2. The zero-order chi connectivity index (χ0) is 16.3. The number of hydrogen-bond donors (Lipinski definition) is 1. The monoisotopic (exact) mass is 337 g/mol. The molecule has 2 aromatic carbocycles. The maximum absolute atomic E-state index is 12.2. The summed E-state index contributed by atoms with van der Waals surface area (Å²) in [7, 11) is 0. The first kappa shape index (κ1) is 16.7. The van der Waals surface area contributed by atoms with E-state index in [-0.39, 0.29) is 5.91 Å². The van der Waals surface area contributed by atoms with Crippen LogP contribution >= 0.6 is 23.2 Å². The Morgan fingerprint density at radius 1 is 1.09 bits per heavy atom. The van der Waals surface area contributed by atoms with E-state index in [1.165, 1.54) is 0 Å². The number of nitrogens with one attached hydrogen (secondary N) is 1. The molecule has 1 atom stereocenters. The van der Waals surface area contributed by atoms with Crippen LogP contribution in [0.3, 0.4) is 0 Å². The molecule has 0 aliphatic rings. The molecule has 0 radical (unpaired) electrons. The van der Waals surface area contributed by atoms with E-state index in [1.54, 1.807) is 25.1 Å². The second-order valence-electron chi connectivity index (χ2n) is 5.15. The lowest BCUT2D eigenvalue weighted by atomic mass is 10.1. The van der Waals surface area contributed by atoms with Gasteiger partial charge in [0.15, 0.2) is 6.10 Å². The van der Waals surface area contributed by atoms with Crippen LogP contribution < -0.4 is 10.1 Å². The van der Waals surface area contributed by atoms with Crippen LogP contribution in [0.5, 0.6) is 5.75 Å². The fraction of sp³-hybridized carbons (Fsp3) is 0.235. The number of carbonyl (C=O) groups excluding carboxylic acids is 1. The van der Waals surface area contributed by atoms with Gasteiger partial charge in [-0.3, -0.25) is 4.79 Å². The smallest absolute Gasteiger partial charge is 0.265 e. The fourth-order valence-corrected chi connectivity index (χ4v) is 2.29. The number of anilines is 1. The highest BCUT2D eigenvalue weighted by molar-refractivity contribution is 6.42. The maximum atomic E-state index is 12.2. The lowest BCUT2D eigenvalue weighted by molar-refractivity contribution is -0.122. The Morgan fingerprint density at radius 3 is 2.45 bits per heavy atom. The lowest BCUT2D eigenvalue weighted by Crippen LogP contribution is -2.30. The molecule has 0 fully saturated rings.